The van der Waals surface area contributed by atoms with Crippen LogP contribution in [0, 0.1) is 5.92 Å². The van der Waals surface area contributed by atoms with Crippen molar-refractivity contribution in [1.29, 1.82) is 0 Å². The maximum atomic E-state index is 11.9. The van der Waals surface area contributed by atoms with Crippen molar-refractivity contribution in [3.05, 3.63) is 24.3 Å². The predicted octanol–water partition coefficient (Wildman–Crippen LogP) is 0.851. The normalized spacial score (nSPS) is 15.5. The minimum atomic E-state index is -0.956. The molecule has 0 fully saturated rings. The van der Waals surface area contributed by atoms with Crippen LogP contribution in [-0.4, -0.2) is 43.8 Å². The molecule has 0 bridgehead atoms. The van der Waals surface area contributed by atoms with Crippen molar-refractivity contribution in [3.8, 4) is 11.5 Å². The highest BCUT2D eigenvalue weighted by atomic mass is 16.6. The number of hydrogen-bond acceptors (Lipinski definition) is 6. The van der Waals surface area contributed by atoms with Gasteiger partial charge in [0, 0.05) is 6.54 Å². The Labute approximate surface area is 139 Å². The molecule has 1 atom stereocenters. The Morgan fingerprint density at radius 1 is 1.25 bits per heavy atom. The molecule has 1 aliphatic heterocycles. The number of urea groups is 1. The topological polar surface area (TPSA) is 103 Å². The molecule has 130 valence electrons. The van der Waals surface area contributed by atoms with E-state index in [-0.39, 0.29) is 12.5 Å². The van der Waals surface area contributed by atoms with Gasteiger partial charge in [-0.3, -0.25) is 10.1 Å². The minimum Gasteiger partial charge on any atom is -0.485 e. The minimum absolute atomic E-state index is 0.00760. The van der Waals surface area contributed by atoms with Gasteiger partial charge in [0.25, 0.3) is 5.91 Å². The van der Waals surface area contributed by atoms with E-state index in [1.165, 1.54) is 0 Å². The van der Waals surface area contributed by atoms with E-state index in [2.05, 4.69) is 10.6 Å². The first-order valence-electron chi connectivity index (χ1n) is 7.58. The van der Waals surface area contributed by atoms with Crippen molar-refractivity contribution in [3.63, 3.8) is 0 Å². The summed E-state index contributed by atoms with van der Waals surface area (Å²) in [5.41, 5.74) is 0. The summed E-state index contributed by atoms with van der Waals surface area (Å²) in [7, 11) is 0. The van der Waals surface area contributed by atoms with Crippen LogP contribution in [0.1, 0.15) is 13.8 Å². The van der Waals surface area contributed by atoms with Crippen LogP contribution in [0.25, 0.3) is 0 Å². The Morgan fingerprint density at radius 2 is 1.96 bits per heavy atom. The summed E-state index contributed by atoms with van der Waals surface area (Å²) < 4.78 is 15.7. The largest absolute Gasteiger partial charge is 0.485 e. The Morgan fingerprint density at radius 3 is 2.67 bits per heavy atom. The van der Waals surface area contributed by atoms with Crippen molar-refractivity contribution in [2.75, 3.05) is 19.8 Å². The van der Waals surface area contributed by atoms with Gasteiger partial charge >= 0.3 is 12.0 Å². The molecule has 1 heterocycles. The molecule has 2 N–H and O–H groups in total. The number of amides is 3. The van der Waals surface area contributed by atoms with Crippen molar-refractivity contribution in [1.82, 2.24) is 10.6 Å². The van der Waals surface area contributed by atoms with Gasteiger partial charge in [-0.05, 0) is 18.1 Å². The van der Waals surface area contributed by atoms with Gasteiger partial charge < -0.3 is 19.5 Å². The van der Waals surface area contributed by atoms with Crippen molar-refractivity contribution < 1.29 is 28.6 Å². The standard InChI is InChI=1S/C16H20N2O6/c1-10(2)7-17-16(21)18-14(19)9-23-15(20)13-8-22-11-5-3-4-6-12(11)24-13/h3-6,10,13H,7-9H2,1-2H3,(H2,17,18,19,21)/t13-/m1/s1. The van der Waals surface area contributed by atoms with Crippen molar-refractivity contribution in [2.24, 2.45) is 5.92 Å². The number of imide groups is 1. The number of para-hydroxylation sites is 2. The van der Waals surface area contributed by atoms with Gasteiger partial charge in [-0.15, -0.1) is 0 Å². The third-order valence-electron chi connectivity index (χ3n) is 3.04. The van der Waals surface area contributed by atoms with Gasteiger partial charge in [-0.1, -0.05) is 26.0 Å². The van der Waals surface area contributed by atoms with Crippen LogP contribution in [0.3, 0.4) is 0 Å². The van der Waals surface area contributed by atoms with Crippen LogP contribution < -0.4 is 20.1 Å². The summed E-state index contributed by atoms with van der Waals surface area (Å²) in [6, 6.07) is 6.30. The zero-order valence-electron chi connectivity index (χ0n) is 13.5. The Hall–Kier alpha value is -2.77. The number of esters is 1. The lowest BCUT2D eigenvalue weighted by Gasteiger charge is -2.24. The van der Waals surface area contributed by atoms with Crippen LogP contribution in [0.15, 0.2) is 24.3 Å². The highest BCUT2D eigenvalue weighted by Gasteiger charge is 2.29. The van der Waals surface area contributed by atoms with E-state index in [1.807, 2.05) is 13.8 Å². The molecule has 1 aliphatic rings. The van der Waals surface area contributed by atoms with Crippen molar-refractivity contribution >= 4 is 17.9 Å². The number of benzene rings is 1. The second-order valence-corrected chi connectivity index (χ2v) is 5.62. The number of fused-ring (bicyclic) bond motifs is 1. The molecular weight excluding hydrogens is 316 g/mol. The highest BCUT2D eigenvalue weighted by molar-refractivity contribution is 5.95. The highest BCUT2D eigenvalue weighted by Crippen LogP contribution is 2.31. The molecule has 0 aliphatic carbocycles. The molecule has 0 unspecified atom stereocenters. The molecule has 0 saturated heterocycles. The van der Waals surface area contributed by atoms with Gasteiger partial charge in [0.15, 0.2) is 18.1 Å². The number of carbonyl (C=O) groups excluding carboxylic acids is 3. The molecule has 0 saturated carbocycles. The fraction of sp³-hybridized carbons (Fsp3) is 0.438. The van der Waals surface area contributed by atoms with Crippen molar-refractivity contribution in [2.45, 2.75) is 20.0 Å². The quantitative estimate of drug-likeness (QED) is 0.773. The SMILES string of the molecule is CC(C)CNC(=O)NC(=O)COC(=O)[C@H]1COc2ccccc2O1. The molecule has 8 nitrogen and oxygen atoms in total. The molecule has 3 amide bonds. The van der Waals surface area contributed by atoms with Crippen LogP contribution in [-0.2, 0) is 14.3 Å². The maximum Gasteiger partial charge on any atom is 0.351 e. The lowest BCUT2D eigenvalue weighted by Crippen LogP contribution is -2.44. The summed E-state index contributed by atoms with van der Waals surface area (Å²) in [6.45, 7) is 3.70. The van der Waals surface area contributed by atoms with Gasteiger partial charge in [-0.2, -0.15) is 0 Å². The fourth-order valence-electron chi connectivity index (χ4n) is 1.87. The van der Waals surface area contributed by atoms with Gasteiger partial charge in [0.2, 0.25) is 6.10 Å². The summed E-state index contributed by atoms with van der Waals surface area (Å²) in [5.74, 6) is -0.219. The number of rotatable bonds is 5. The van der Waals surface area contributed by atoms with E-state index in [0.29, 0.717) is 18.0 Å². The lowest BCUT2D eigenvalue weighted by atomic mass is 10.2. The summed E-state index contributed by atoms with van der Waals surface area (Å²) in [4.78, 5) is 34.9. The van der Waals surface area contributed by atoms with E-state index < -0.39 is 30.6 Å². The third-order valence-corrected chi connectivity index (χ3v) is 3.04. The smallest absolute Gasteiger partial charge is 0.351 e. The molecule has 0 aromatic heterocycles. The van der Waals surface area contributed by atoms with Crippen LogP contribution in [0.4, 0.5) is 4.79 Å². The second kappa shape index (κ2) is 8.19. The molecule has 2 rings (SSSR count). The zero-order chi connectivity index (χ0) is 17.5. The first-order valence-corrected chi connectivity index (χ1v) is 7.58. The summed E-state index contributed by atoms with van der Waals surface area (Å²) in [6.07, 6.45) is -0.956. The molecular formula is C16H20N2O6. The molecule has 0 radical (unpaired) electrons. The number of carbonyl (C=O) groups is 3. The Kier molecular flexibility index (Phi) is 6.00. The van der Waals surface area contributed by atoms with Crippen LogP contribution in [0.2, 0.25) is 0 Å². The molecule has 8 heteroatoms. The fourth-order valence-corrected chi connectivity index (χ4v) is 1.87. The van der Waals surface area contributed by atoms with E-state index in [4.69, 9.17) is 14.2 Å². The maximum absolute atomic E-state index is 11.9. The zero-order valence-corrected chi connectivity index (χ0v) is 13.5. The second-order valence-electron chi connectivity index (χ2n) is 5.62. The van der Waals surface area contributed by atoms with Gasteiger partial charge in [-0.25, -0.2) is 9.59 Å². The van der Waals surface area contributed by atoms with Gasteiger partial charge in [0.1, 0.15) is 6.61 Å². The Bertz CT molecular complexity index is 616. The number of ether oxygens (including phenoxy) is 3. The Balaban J connectivity index is 1.73. The third kappa shape index (κ3) is 5.15. The van der Waals surface area contributed by atoms with Crippen LogP contribution in [0.5, 0.6) is 11.5 Å². The van der Waals surface area contributed by atoms with Gasteiger partial charge in [0.05, 0.1) is 0 Å². The summed E-state index contributed by atoms with van der Waals surface area (Å²) in [5, 5.41) is 4.59. The van der Waals surface area contributed by atoms with E-state index in [0.717, 1.165) is 0 Å². The van der Waals surface area contributed by atoms with E-state index in [9.17, 15) is 14.4 Å². The number of hydrogen-bond donors (Lipinski definition) is 2. The summed E-state index contributed by atoms with van der Waals surface area (Å²) >= 11 is 0. The monoisotopic (exact) mass is 336 g/mol. The molecule has 1 aromatic carbocycles. The number of nitrogens with one attached hydrogen (secondary N) is 2. The average molecular weight is 336 g/mol. The van der Waals surface area contributed by atoms with E-state index >= 15 is 0 Å². The molecule has 1 aromatic rings. The first kappa shape index (κ1) is 17.6. The predicted molar refractivity (Wildman–Crippen MR) is 83.7 cm³/mol. The van der Waals surface area contributed by atoms with E-state index in [1.54, 1.807) is 24.3 Å². The lowest BCUT2D eigenvalue weighted by molar-refractivity contribution is -0.157. The van der Waals surface area contributed by atoms with Crippen LogP contribution >= 0.6 is 0 Å². The molecule has 24 heavy (non-hydrogen) atoms. The average Bonchev–Trinajstić information content (AvgIpc) is 2.57. The molecule has 0 spiro atoms. The first-order chi connectivity index (χ1) is 11.5.